The van der Waals surface area contributed by atoms with Gasteiger partial charge in [-0.3, -0.25) is 0 Å². The molecule has 0 aliphatic heterocycles. The van der Waals surface area contributed by atoms with E-state index in [1.54, 1.807) is 0 Å². The van der Waals surface area contributed by atoms with Crippen molar-refractivity contribution in [1.82, 2.24) is 5.32 Å². The Labute approximate surface area is 98.7 Å². The molecule has 0 bridgehead atoms. The van der Waals surface area contributed by atoms with E-state index in [-0.39, 0.29) is 6.10 Å². The second-order valence-corrected chi connectivity index (χ2v) is 4.68. The van der Waals surface area contributed by atoms with E-state index in [1.807, 2.05) is 6.92 Å². The molecule has 1 unspecified atom stereocenters. The molecule has 2 nitrogen and oxygen atoms in total. The molecule has 1 aromatic carbocycles. The van der Waals surface area contributed by atoms with E-state index in [1.165, 1.54) is 22.3 Å². The average molecular weight is 221 g/mol. The molecule has 16 heavy (non-hydrogen) atoms. The van der Waals surface area contributed by atoms with Crippen LogP contribution >= 0.6 is 0 Å². The van der Waals surface area contributed by atoms with Gasteiger partial charge in [0.2, 0.25) is 0 Å². The SMILES string of the molecule is Cc1cc(C)c(CNCCC(C)O)cc1C. The summed E-state index contributed by atoms with van der Waals surface area (Å²) >= 11 is 0. The molecule has 0 radical (unpaired) electrons. The average Bonchev–Trinajstić information content (AvgIpc) is 2.19. The Morgan fingerprint density at radius 2 is 1.75 bits per heavy atom. The van der Waals surface area contributed by atoms with Crippen molar-refractivity contribution in [1.29, 1.82) is 0 Å². The number of aryl methyl sites for hydroxylation is 3. The molecule has 0 aromatic heterocycles. The quantitative estimate of drug-likeness (QED) is 0.749. The highest BCUT2D eigenvalue weighted by Crippen LogP contribution is 2.14. The highest BCUT2D eigenvalue weighted by atomic mass is 16.3. The maximum Gasteiger partial charge on any atom is 0.0524 e. The summed E-state index contributed by atoms with van der Waals surface area (Å²) in [4.78, 5) is 0. The first-order valence-corrected chi connectivity index (χ1v) is 5.96. The fraction of sp³-hybridized carbons (Fsp3) is 0.571. The molecule has 0 aliphatic rings. The molecule has 0 fully saturated rings. The minimum absolute atomic E-state index is 0.214. The van der Waals surface area contributed by atoms with Crippen molar-refractivity contribution in [3.63, 3.8) is 0 Å². The Bertz CT molecular complexity index is 345. The van der Waals surface area contributed by atoms with Crippen LogP contribution in [0.3, 0.4) is 0 Å². The lowest BCUT2D eigenvalue weighted by Gasteiger charge is -2.11. The third kappa shape index (κ3) is 3.95. The van der Waals surface area contributed by atoms with Crippen molar-refractivity contribution in [3.8, 4) is 0 Å². The van der Waals surface area contributed by atoms with Gasteiger partial charge in [0.15, 0.2) is 0 Å². The molecule has 0 saturated carbocycles. The Kier molecular flexibility index (Phi) is 4.97. The van der Waals surface area contributed by atoms with E-state index >= 15 is 0 Å². The minimum Gasteiger partial charge on any atom is -0.393 e. The van der Waals surface area contributed by atoms with E-state index in [0.717, 1.165) is 19.5 Å². The molecule has 2 heteroatoms. The van der Waals surface area contributed by atoms with Gasteiger partial charge < -0.3 is 10.4 Å². The summed E-state index contributed by atoms with van der Waals surface area (Å²) in [6.07, 6.45) is 0.595. The van der Waals surface area contributed by atoms with Crippen molar-refractivity contribution in [2.24, 2.45) is 0 Å². The fourth-order valence-corrected chi connectivity index (χ4v) is 1.74. The summed E-state index contributed by atoms with van der Waals surface area (Å²) in [5.74, 6) is 0. The van der Waals surface area contributed by atoms with E-state index in [0.29, 0.717) is 0 Å². The standard InChI is InChI=1S/C14H23NO/c1-10-7-12(3)14(8-11(10)2)9-15-6-5-13(4)16/h7-8,13,15-16H,5-6,9H2,1-4H3. The molecule has 2 N–H and O–H groups in total. The Hall–Kier alpha value is -0.860. The van der Waals surface area contributed by atoms with Gasteiger partial charge in [-0.05, 0) is 62.9 Å². The van der Waals surface area contributed by atoms with Crippen LogP contribution in [0.25, 0.3) is 0 Å². The molecule has 1 aromatic rings. The number of aliphatic hydroxyl groups excluding tert-OH is 1. The highest BCUT2D eigenvalue weighted by Gasteiger charge is 2.02. The van der Waals surface area contributed by atoms with Crippen LogP contribution in [0.1, 0.15) is 35.6 Å². The zero-order valence-electron chi connectivity index (χ0n) is 10.8. The third-order valence-corrected chi connectivity index (χ3v) is 3.01. The van der Waals surface area contributed by atoms with Gasteiger partial charge in [0.25, 0.3) is 0 Å². The van der Waals surface area contributed by atoms with Crippen LogP contribution in [0.15, 0.2) is 12.1 Å². The van der Waals surface area contributed by atoms with Gasteiger partial charge in [-0.25, -0.2) is 0 Å². The zero-order valence-corrected chi connectivity index (χ0v) is 10.8. The van der Waals surface area contributed by atoms with Crippen molar-refractivity contribution in [2.45, 2.75) is 46.8 Å². The van der Waals surface area contributed by atoms with E-state index in [4.69, 9.17) is 5.11 Å². The predicted octanol–water partition coefficient (Wildman–Crippen LogP) is 2.47. The number of hydrogen-bond acceptors (Lipinski definition) is 2. The lowest BCUT2D eigenvalue weighted by Crippen LogP contribution is -2.19. The predicted molar refractivity (Wildman–Crippen MR) is 68.7 cm³/mol. The number of benzene rings is 1. The van der Waals surface area contributed by atoms with Crippen LogP contribution in [0, 0.1) is 20.8 Å². The van der Waals surface area contributed by atoms with E-state index in [9.17, 15) is 0 Å². The minimum atomic E-state index is -0.214. The second kappa shape index (κ2) is 6.02. The first kappa shape index (κ1) is 13.2. The number of aliphatic hydroxyl groups is 1. The van der Waals surface area contributed by atoms with Crippen LogP contribution < -0.4 is 5.32 Å². The van der Waals surface area contributed by atoms with Crippen LogP contribution in [-0.4, -0.2) is 17.8 Å². The number of hydrogen-bond donors (Lipinski definition) is 2. The molecule has 0 saturated heterocycles. The molecule has 90 valence electrons. The van der Waals surface area contributed by atoms with Gasteiger partial charge in [-0.1, -0.05) is 12.1 Å². The van der Waals surface area contributed by atoms with Crippen LogP contribution in [0.4, 0.5) is 0 Å². The van der Waals surface area contributed by atoms with Gasteiger partial charge in [-0.2, -0.15) is 0 Å². The Balaban J connectivity index is 2.51. The van der Waals surface area contributed by atoms with Gasteiger partial charge in [0.1, 0.15) is 0 Å². The van der Waals surface area contributed by atoms with Gasteiger partial charge in [-0.15, -0.1) is 0 Å². The van der Waals surface area contributed by atoms with Gasteiger partial charge in [0.05, 0.1) is 6.10 Å². The van der Waals surface area contributed by atoms with Crippen molar-refractivity contribution in [3.05, 3.63) is 34.4 Å². The van der Waals surface area contributed by atoms with E-state index < -0.39 is 0 Å². The van der Waals surface area contributed by atoms with Crippen LogP contribution in [-0.2, 0) is 6.54 Å². The van der Waals surface area contributed by atoms with E-state index in [2.05, 4.69) is 38.2 Å². The summed E-state index contributed by atoms with van der Waals surface area (Å²) in [6, 6.07) is 4.49. The van der Waals surface area contributed by atoms with Gasteiger partial charge in [0, 0.05) is 6.54 Å². The molecule has 0 heterocycles. The highest BCUT2D eigenvalue weighted by molar-refractivity contribution is 5.36. The van der Waals surface area contributed by atoms with Crippen molar-refractivity contribution < 1.29 is 5.11 Å². The fourth-order valence-electron chi connectivity index (χ4n) is 1.74. The summed E-state index contributed by atoms with van der Waals surface area (Å²) in [5, 5.41) is 12.5. The molecule has 0 amide bonds. The summed E-state index contributed by atoms with van der Waals surface area (Å²) in [5.41, 5.74) is 5.39. The zero-order chi connectivity index (χ0) is 12.1. The maximum atomic E-state index is 9.14. The molecule has 1 rings (SSSR count). The van der Waals surface area contributed by atoms with Gasteiger partial charge >= 0.3 is 0 Å². The Morgan fingerprint density at radius 1 is 1.12 bits per heavy atom. The first-order chi connectivity index (χ1) is 7.50. The molecule has 1 atom stereocenters. The summed E-state index contributed by atoms with van der Waals surface area (Å²) < 4.78 is 0. The molecule has 0 aliphatic carbocycles. The normalized spacial score (nSPS) is 12.8. The van der Waals surface area contributed by atoms with Crippen molar-refractivity contribution >= 4 is 0 Å². The van der Waals surface area contributed by atoms with Crippen molar-refractivity contribution in [2.75, 3.05) is 6.54 Å². The molecular weight excluding hydrogens is 198 g/mol. The summed E-state index contributed by atoms with van der Waals surface area (Å²) in [6.45, 7) is 10.0. The topological polar surface area (TPSA) is 32.3 Å². The second-order valence-electron chi connectivity index (χ2n) is 4.68. The lowest BCUT2D eigenvalue weighted by molar-refractivity contribution is 0.183. The maximum absolute atomic E-state index is 9.14. The molecule has 0 spiro atoms. The van der Waals surface area contributed by atoms with Crippen LogP contribution in [0.2, 0.25) is 0 Å². The summed E-state index contributed by atoms with van der Waals surface area (Å²) in [7, 11) is 0. The number of nitrogens with one attached hydrogen (secondary N) is 1. The lowest BCUT2D eigenvalue weighted by atomic mass is 10.0. The largest absolute Gasteiger partial charge is 0.393 e. The smallest absolute Gasteiger partial charge is 0.0524 e. The Morgan fingerprint density at radius 3 is 2.38 bits per heavy atom. The number of rotatable bonds is 5. The third-order valence-electron chi connectivity index (χ3n) is 3.01. The molecular formula is C14H23NO. The first-order valence-electron chi connectivity index (χ1n) is 5.96. The monoisotopic (exact) mass is 221 g/mol. The van der Waals surface area contributed by atoms with Crippen LogP contribution in [0.5, 0.6) is 0 Å².